The van der Waals surface area contributed by atoms with E-state index in [4.69, 9.17) is 9.47 Å². The van der Waals surface area contributed by atoms with Crippen molar-refractivity contribution in [1.29, 1.82) is 0 Å². The van der Waals surface area contributed by atoms with E-state index in [1.807, 2.05) is 24.3 Å². The Hall–Kier alpha value is -2.43. The third-order valence-corrected chi connectivity index (χ3v) is 5.24. The van der Waals surface area contributed by atoms with E-state index in [1.54, 1.807) is 31.2 Å². The molecule has 2 aromatic carbocycles. The normalized spacial score (nSPS) is 16.9. The van der Waals surface area contributed by atoms with Crippen molar-refractivity contribution >= 4 is 5.97 Å². The molecule has 0 saturated heterocycles. The van der Waals surface area contributed by atoms with E-state index in [2.05, 4.69) is 6.92 Å². The molecule has 0 aromatic heterocycles. The van der Waals surface area contributed by atoms with Gasteiger partial charge in [0.05, 0.1) is 18.8 Å². The van der Waals surface area contributed by atoms with Gasteiger partial charge in [-0.15, -0.1) is 0 Å². The van der Waals surface area contributed by atoms with E-state index in [-0.39, 0.29) is 12.8 Å². The molecule has 3 rings (SSSR count). The average Bonchev–Trinajstić information content (AvgIpc) is 2.67. The topological polar surface area (TPSA) is 35.5 Å². The zero-order valence-corrected chi connectivity index (χ0v) is 16.3. The largest absolute Gasteiger partial charge is 0.494 e. The lowest BCUT2D eigenvalue weighted by Crippen LogP contribution is -2.50. The molecule has 0 atom stereocenters. The van der Waals surface area contributed by atoms with Crippen molar-refractivity contribution in [2.45, 2.75) is 50.9 Å². The lowest BCUT2D eigenvalue weighted by atomic mass is 9.58. The fourth-order valence-electron chi connectivity index (χ4n) is 3.75. The van der Waals surface area contributed by atoms with Crippen molar-refractivity contribution in [2.24, 2.45) is 0 Å². The number of carbonyl (C=O) groups is 1. The smallest absolute Gasteiger partial charge is 0.338 e. The summed E-state index contributed by atoms with van der Waals surface area (Å²) in [4.78, 5) is 11.9. The predicted molar refractivity (Wildman–Crippen MR) is 104 cm³/mol. The molecule has 0 heterocycles. The van der Waals surface area contributed by atoms with Gasteiger partial charge < -0.3 is 9.47 Å². The van der Waals surface area contributed by atoms with Crippen LogP contribution in [0.2, 0.25) is 0 Å². The van der Waals surface area contributed by atoms with Crippen LogP contribution in [0.5, 0.6) is 5.75 Å². The van der Waals surface area contributed by atoms with Crippen molar-refractivity contribution in [3.63, 3.8) is 0 Å². The minimum absolute atomic E-state index is 0.241. The maximum atomic E-state index is 13.9. The zero-order chi connectivity index (χ0) is 20.2. The van der Waals surface area contributed by atoms with E-state index >= 15 is 0 Å². The Labute approximate surface area is 164 Å². The Balaban J connectivity index is 1.84. The van der Waals surface area contributed by atoms with Crippen LogP contribution in [0.3, 0.4) is 0 Å². The standard InChI is InChI=1S/C23H26F2O3/c1-3-5-14-28-20-12-10-19(11-13-20)22(15-23(24,25)16-22)18-8-6-17(7-9-18)21(26)27-4-2/h6-13H,3-5,14-16H2,1-2H3. The summed E-state index contributed by atoms with van der Waals surface area (Å²) in [5, 5.41) is 0. The van der Waals surface area contributed by atoms with Gasteiger partial charge in [0.25, 0.3) is 5.92 Å². The third kappa shape index (κ3) is 4.18. The van der Waals surface area contributed by atoms with Crippen LogP contribution in [-0.4, -0.2) is 25.1 Å². The van der Waals surface area contributed by atoms with Gasteiger partial charge in [-0.05, 0) is 48.7 Å². The number of alkyl halides is 2. The molecule has 1 aliphatic carbocycles. The van der Waals surface area contributed by atoms with Crippen LogP contribution >= 0.6 is 0 Å². The van der Waals surface area contributed by atoms with Crippen molar-refractivity contribution < 1.29 is 23.0 Å². The van der Waals surface area contributed by atoms with Crippen LogP contribution in [0.15, 0.2) is 48.5 Å². The summed E-state index contributed by atoms with van der Waals surface area (Å²) in [5.41, 5.74) is 1.29. The summed E-state index contributed by atoms with van der Waals surface area (Å²) >= 11 is 0. The fraction of sp³-hybridized carbons (Fsp3) is 0.435. The van der Waals surface area contributed by atoms with Gasteiger partial charge in [-0.3, -0.25) is 0 Å². The number of benzene rings is 2. The number of ether oxygens (including phenoxy) is 2. The highest BCUT2D eigenvalue weighted by Crippen LogP contribution is 2.57. The van der Waals surface area contributed by atoms with Gasteiger partial charge in [0, 0.05) is 18.3 Å². The molecule has 0 spiro atoms. The number of carbonyl (C=O) groups excluding carboxylic acids is 1. The quantitative estimate of drug-likeness (QED) is 0.426. The molecule has 150 valence electrons. The monoisotopic (exact) mass is 388 g/mol. The Morgan fingerprint density at radius 1 is 0.964 bits per heavy atom. The van der Waals surface area contributed by atoms with E-state index in [0.29, 0.717) is 18.8 Å². The van der Waals surface area contributed by atoms with Crippen LogP contribution < -0.4 is 4.74 Å². The molecule has 0 bridgehead atoms. The minimum atomic E-state index is -2.68. The van der Waals surface area contributed by atoms with Gasteiger partial charge in [0.1, 0.15) is 5.75 Å². The molecule has 5 heteroatoms. The van der Waals surface area contributed by atoms with E-state index in [0.717, 1.165) is 29.7 Å². The van der Waals surface area contributed by atoms with Crippen molar-refractivity contribution in [3.8, 4) is 5.75 Å². The summed E-state index contributed by atoms with van der Waals surface area (Å²) in [5.74, 6) is -2.34. The first kappa shape index (κ1) is 20.3. The second-order valence-corrected chi connectivity index (χ2v) is 7.32. The molecule has 28 heavy (non-hydrogen) atoms. The number of halogens is 2. The van der Waals surface area contributed by atoms with Gasteiger partial charge in [-0.1, -0.05) is 37.6 Å². The van der Waals surface area contributed by atoms with E-state index < -0.39 is 17.3 Å². The van der Waals surface area contributed by atoms with Gasteiger partial charge in [0.2, 0.25) is 0 Å². The lowest BCUT2D eigenvalue weighted by Gasteiger charge is -2.48. The lowest BCUT2D eigenvalue weighted by molar-refractivity contribution is -0.113. The Morgan fingerprint density at radius 2 is 1.54 bits per heavy atom. The van der Waals surface area contributed by atoms with Gasteiger partial charge in [-0.25, -0.2) is 13.6 Å². The van der Waals surface area contributed by atoms with Gasteiger partial charge >= 0.3 is 5.97 Å². The molecule has 1 fully saturated rings. The SMILES string of the molecule is CCCCOc1ccc(C2(c3ccc(C(=O)OCC)cc3)CC(F)(F)C2)cc1. The Bertz CT molecular complexity index is 790. The molecule has 0 aliphatic heterocycles. The van der Waals surface area contributed by atoms with Crippen LogP contribution in [-0.2, 0) is 10.2 Å². The van der Waals surface area contributed by atoms with Crippen molar-refractivity contribution in [2.75, 3.05) is 13.2 Å². The summed E-state index contributed by atoms with van der Waals surface area (Å²) in [7, 11) is 0. The second-order valence-electron chi connectivity index (χ2n) is 7.32. The Morgan fingerprint density at radius 3 is 2.04 bits per heavy atom. The van der Waals surface area contributed by atoms with E-state index in [9.17, 15) is 13.6 Å². The molecule has 1 aliphatic rings. The van der Waals surface area contributed by atoms with Crippen LogP contribution in [0.4, 0.5) is 8.78 Å². The van der Waals surface area contributed by atoms with Crippen LogP contribution in [0.25, 0.3) is 0 Å². The molecule has 2 aromatic rings. The molecule has 0 N–H and O–H groups in total. The summed E-state index contributed by atoms with van der Waals surface area (Å²) in [6, 6.07) is 14.2. The van der Waals surface area contributed by atoms with Gasteiger partial charge in [-0.2, -0.15) is 0 Å². The number of unbranched alkanes of at least 4 members (excludes halogenated alkanes) is 1. The Kier molecular flexibility index (Phi) is 6.01. The molecular weight excluding hydrogens is 362 g/mol. The molecule has 3 nitrogen and oxygen atoms in total. The fourth-order valence-corrected chi connectivity index (χ4v) is 3.75. The van der Waals surface area contributed by atoms with Gasteiger partial charge in [0.15, 0.2) is 0 Å². The predicted octanol–water partition coefficient (Wildman–Crippen LogP) is 5.76. The summed E-state index contributed by atoms with van der Waals surface area (Å²) < 4.78 is 38.5. The number of rotatable bonds is 8. The van der Waals surface area contributed by atoms with Crippen molar-refractivity contribution in [3.05, 3.63) is 65.2 Å². The molecular formula is C23H26F2O3. The first-order valence-corrected chi connectivity index (χ1v) is 9.79. The molecule has 1 saturated carbocycles. The van der Waals surface area contributed by atoms with Crippen LogP contribution in [0, 0.1) is 0 Å². The van der Waals surface area contributed by atoms with Crippen molar-refractivity contribution in [1.82, 2.24) is 0 Å². The maximum Gasteiger partial charge on any atom is 0.338 e. The third-order valence-electron chi connectivity index (χ3n) is 5.24. The highest BCUT2D eigenvalue weighted by molar-refractivity contribution is 5.89. The second kappa shape index (κ2) is 8.29. The first-order chi connectivity index (χ1) is 13.4. The number of hydrogen-bond donors (Lipinski definition) is 0. The highest BCUT2D eigenvalue weighted by Gasteiger charge is 2.58. The first-order valence-electron chi connectivity index (χ1n) is 9.79. The number of esters is 1. The average molecular weight is 388 g/mol. The van der Waals surface area contributed by atoms with E-state index in [1.165, 1.54) is 0 Å². The number of hydrogen-bond acceptors (Lipinski definition) is 3. The zero-order valence-electron chi connectivity index (χ0n) is 16.3. The molecule has 0 unspecified atom stereocenters. The summed E-state index contributed by atoms with van der Waals surface area (Å²) in [6.45, 7) is 4.78. The summed E-state index contributed by atoms with van der Waals surface area (Å²) in [6.07, 6.45) is 1.55. The maximum absolute atomic E-state index is 13.9. The van der Waals surface area contributed by atoms with Crippen LogP contribution in [0.1, 0.15) is 61.0 Å². The highest BCUT2D eigenvalue weighted by atomic mass is 19.3. The molecule has 0 radical (unpaired) electrons. The molecule has 0 amide bonds. The minimum Gasteiger partial charge on any atom is -0.494 e.